The lowest BCUT2D eigenvalue weighted by Gasteiger charge is -2.08. The molecule has 0 N–H and O–H groups in total. The molecule has 0 radical (unpaired) electrons. The summed E-state index contributed by atoms with van der Waals surface area (Å²) in [6.07, 6.45) is 7.27. The standard InChI is InChI=1S/C23H26N4O2/c1-18-21(14-24-27(18)16-19-8-5-4-6-9-19)22(28)17-26-15-20(11-12-23(26)29)10-7-13-25(2)3/h4-12,14-15H,13,16-17H2,1-3H3/b10-7+. The average Bonchev–Trinajstić information content (AvgIpc) is 3.05. The van der Waals surface area contributed by atoms with Crippen LogP contribution >= 0.6 is 0 Å². The Balaban J connectivity index is 1.75. The normalized spacial score (nSPS) is 11.4. The number of carbonyl (C=O) groups is 1. The fraction of sp³-hybridized carbons (Fsp3) is 0.261. The summed E-state index contributed by atoms with van der Waals surface area (Å²) in [5, 5.41) is 4.36. The highest BCUT2D eigenvalue weighted by molar-refractivity contribution is 5.96. The Morgan fingerprint density at radius 1 is 1.14 bits per heavy atom. The van der Waals surface area contributed by atoms with Crippen LogP contribution in [-0.4, -0.2) is 45.7 Å². The second-order valence-corrected chi connectivity index (χ2v) is 7.30. The van der Waals surface area contributed by atoms with Crippen molar-refractivity contribution in [3.8, 4) is 0 Å². The Bertz CT molecular complexity index is 1060. The van der Waals surface area contributed by atoms with Gasteiger partial charge < -0.3 is 9.47 Å². The van der Waals surface area contributed by atoms with Crippen molar-refractivity contribution in [3.63, 3.8) is 0 Å². The summed E-state index contributed by atoms with van der Waals surface area (Å²) in [6, 6.07) is 13.2. The van der Waals surface area contributed by atoms with E-state index in [0.29, 0.717) is 12.1 Å². The Morgan fingerprint density at radius 3 is 2.62 bits per heavy atom. The second kappa shape index (κ2) is 9.30. The van der Waals surface area contributed by atoms with Crippen LogP contribution in [0.2, 0.25) is 0 Å². The molecule has 150 valence electrons. The van der Waals surface area contributed by atoms with E-state index in [1.807, 2.05) is 73.1 Å². The Labute approximate surface area is 170 Å². The summed E-state index contributed by atoms with van der Waals surface area (Å²) < 4.78 is 3.26. The van der Waals surface area contributed by atoms with Crippen molar-refractivity contribution in [1.29, 1.82) is 0 Å². The summed E-state index contributed by atoms with van der Waals surface area (Å²) in [6.45, 7) is 3.28. The smallest absolute Gasteiger partial charge is 0.250 e. The fourth-order valence-electron chi connectivity index (χ4n) is 3.05. The predicted molar refractivity (Wildman–Crippen MR) is 115 cm³/mol. The van der Waals surface area contributed by atoms with Crippen molar-refractivity contribution < 1.29 is 4.79 Å². The number of carbonyl (C=O) groups excluding carboxylic acids is 1. The van der Waals surface area contributed by atoms with E-state index < -0.39 is 0 Å². The second-order valence-electron chi connectivity index (χ2n) is 7.30. The van der Waals surface area contributed by atoms with Gasteiger partial charge in [-0.05, 0) is 38.2 Å². The first-order chi connectivity index (χ1) is 13.9. The van der Waals surface area contributed by atoms with Crippen LogP contribution in [0.4, 0.5) is 0 Å². The molecule has 0 atom stereocenters. The molecule has 29 heavy (non-hydrogen) atoms. The summed E-state index contributed by atoms with van der Waals surface area (Å²) in [5.41, 5.74) is 3.15. The number of benzene rings is 1. The lowest BCUT2D eigenvalue weighted by molar-refractivity contribution is 0.0970. The van der Waals surface area contributed by atoms with Gasteiger partial charge in [-0.15, -0.1) is 0 Å². The summed E-state index contributed by atoms with van der Waals surface area (Å²) >= 11 is 0. The zero-order valence-corrected chi connectivity index (χ0v) is 17.1. The lowest BCUT2D eigenvalue weighted by Crippen LogP contribution is -2.23. The number of aromatic nitrogens is 3. The first-order valence-corrected chi connectivity index (χ1v) is 9.55. The molecule has 3 rings (SSSR count). The summed E-state index contributed by atoms with van der Waals surface area (Å²) in [4.78, 5) is 27.1. The summed E-state index contributed by atoms with van der Waals surface area (Å²) in [5.74, 6) is -0.127. The molecular formula is C23H26N4O2. The molecule has 6 nitrogen and oxygen atoms in total. The van der Waals surface area contributed by atoms with Gasteiger partial charge in [-0.3, -0.25) is 14.3 Å². The molecule has 1 aromatic carbocycles. The van der Waals surface area contributed by atoms with Gasteiger partial charge in [0.2, 0.25) is 0 Å². The monoisotopic (exact) mass is 390 g/mol. The minimum absolute atomic E-state index is 0.00787. The molecule has 0 aliphatic heterocycles. The number of hydrogen-bond donors (Lipinski definition) is 0. The van der Waals surface area contributed by atoms with Gasteiger partial charge in [0.05, 0.1) is 24.8 Å². The van der Waals surface area contributed by atoms with Crippen LogP contribution in [0.25, 0.3) is 6.08 Å². The van der Waals surface area contributed by atoms with Crippen LogP contribution in [0.3, 0.4) is 0 Å². The topological polar surface area (TPSA) is 60.1 Å². The molecule has 6 heteroatoms. The van der Waals surface area contributed by atoms with E-state index in [4.69, 9.17) is 0 Å². The van der Waals surface area contributed by atoms with E-state index >= 15 is 0 Å². The third-order valence-electron chi connectivity index (χ3n) is 4.68. The van der Waals surface area contributed by atoms with Crippen LogP contribution in [-0.2, 0) is 13.1 Å². The molecule has 2 aromatic heterocycles. The maximum atomic E-state index is 12.8. The minimum atomic E-state index is -0.197. The molecule has 0 unspecified atom stereocenters. The molecule has 0 saturated heterocycles. The molecule has 0 aliphatic rings. The maximum absolute atomic E-state index is 12.8. The van der Waals surface area contributed by atoms with E-state index in [2.05, 4.69) is 5.10 Å². The van der Waals surface area contributed by atoms with Crippen molar-refractivity contribution in [2.75, 3.05) is 20.6 Å². The number of Topliss-reactive ketones (excluding diaryl/α,β-unsaturated/α-hetero) is 1. The van der Waals surface area contributed by atoms with Gasteiger partial charge in [-0.1, -0.05) is 42.5 Å². The highest BCUT2D eigenvalue weighted by Crippen LogP contribution is 2.12. The Hall–Kier alpha value is -3.25. The number of nitrogens with zero attached hydrogens (tertiary/aromatic N) is 4. The number of rotatable bonds is 8. The van der Waals surface area contributed by atoms with Crippen LogP contribution in [0.5, 0.6) is 0 Å². The first kappa shape index (κ1) is 20.5. The van der Waals surface area contributed by atoms with Gasteiger partial charge in [0, 0.05) is 24.5 Å². The SMILES string of the molecule is Cc1c(C(=O)Cn2cc(/C=C/CN(C)C)ccc2=O)cnn1Cc1ccccc1. The van der Waals surface area contributed by atoms with Gasteiger partial charge >= 0.3 is 0 Å². The van der Waals surface area contributed by atoms with Gasteiger partial charge in [0.25, 0.3) is 5.56 Å². The highest BCUT2D eigenvalue weighted by atomic mass is 16.1. The van der Waals surface area contributed by atoms with Gasteiger partial charge in [-0.25, -0.2) is 0 Å². The predicted octanol–water partition coefficient (Wildman–Crippen LogP) is 2.86. The minimum Gasteiger partial charge on any atom is -0.307 e. The van der Waals surface area contributed by atoms with E-state index in [-0.39, 0.29) is 17.9 Å². The van der Waals surface area contributed by atoms with Crippen molar-refractivity contribution in [2.24, 2.45) is 0 Å². The number of hydrogen-bond acceptors (Lipinski definition) is 4. The molecule has 2 heterocycles. The molecule has 0 aliphatic carbocycles. The third kappa shape index (κ3) is 5.39. The zero-order chi connectivity index (χ0) is 20.8. The van der Waals surface area contributed by atoms with Crippen molar-refractivity contribution in [2.45, 2.75) is 20.0 Å². The third-order valence-corrected chi connectivity index (χ3v) is 4.68. The van der Waals surface area contributed by atoms with E-state index in [0.717, 1.165) is 23.4 Å². The highest BCUT2D eigenvalue weighted by Gasteiger charge is 2.15. The zero-order valence-electron chi connectivity index (χ0n) is 17.1. The van der Waals surface area contributed by atoms with Crippen molar-refractivity contribution in [3.05, 3.63) is 93.7 Å². The lowest BCUT2D eigenvalue weighted by atomic mass is 10.1. The van der Waals surface area contributed by atoms with Gasteiger partial charge in [-0.2, -0.15) is 5.10 Å². The molecule has 3 aromatic rings. The van der Waals surface area contributed by atoms with E-state index in [1.54, 1.807) is 18.5 Å². The van der Waals surface area contributed by atoms with E-state index in [1.165, 1.54) is 10.6 Å². The van der Waals surface area contributed by atoms with Crippen LogP contribution in [0.1, 0.15) is 27.2 Å². The van der Waals surface area contributed by atoms with Crippen LogP contribution < -0.4 is 5.56 Å². The molecule has 0 bridgehead atoms. The number of likely N-dealkylation sites (N-methyl/N-ethyl adjacent to an activating group) is 1. The van der Waals surface area contributed by atoms with Crippen molar-refractivity contribution >= 4 is 11.9 Å². The maximum Gasteiger partial charge on any atom is 0.250 e. The average molecular weight is 390 g/mol. The Kier molecular flexibility index (Phi) is 6.57. The quantitative estimate of drug-likeness (QED) is 0.555. The molecule has 0 amide bonds. The molecule has 0 saturated carbocycles. The van der Waals surface area contributed by atoms with Crippen LogP contribution in [0, 0.1) is 6.92 Å². The number of ketones is 1. The fourth-order valence-corrected chi connectivity index (χ4v) is 3.05. The van der Waals surface area contributed by atoms with E-state index in [9.17, 15) is 9.59 Å². The first-order valence-electron chi connectivity index (χ1n) is 9.55. The summed E-state index contributed by atoms with van der Waals surface area (Å²) in [7, 11) is 3.98. The van der Waals surface area contributed by atoms with Gasteiger partial charge in [0.15, 0.2) is 5.78 Å². The Morgan fingerprint density at radius 2 is 1.90 bits per heavy atom. The molecular weight excluding hydrogens is 364 g/mol. The molecule has 0 spiro atoms. The largest absolute Gasteiger partial charge is 0.307 e. The molecule has 0 fully saturated rings. The van der Waals surface area contributed by atoms with Crippen LogP contribution in [0.15, 0.2) is 65.7 Å². The van der Waals surface area contributed by atoms with Crippen molar-refractivity contribution in [1.82, 2.24) is 19.2 Å². The van der Waals surface area contributed by atoms with Gasteiger partial charge in [0.1, 0.15) is 0 Å². The number of pyridine rings is 1.